The summed E-state index contributed by atoms with van der Waals surface area (Å²) in [7, 11) is 1.57. The third-order valence-electron chi connectivity index (χ3n) is 2.59. The first-order valence-electron chi connectivity index (χ1n) is 5.65. The van der Waals surface area contributed by atoms with Crippen LogP contribution in [0.2, 0.25) is 10.0 Å². The highest BCUT2D eigenvalue weighted by Gasteiger charge is 2.06. The van der Waals surface area contributed by atoms with Crippen molar-refractivity contribution in [3.05, 3.63) is 62.5 Å². The number of halogens is 2. The fraction of sp³-hybridized carbons (Fsp3) is 0.0769. The molecule has 0 radical (unpaired) electrons. The van der Waals surface area contributed by atoms with Crippen LogP contribution in [0.1, 0.15) is 10.4 Å². The van der Waals surface area contributed by atoms with Gasteiger partial charge in [-0.2, -0.15) is 0 Å². The highest BCUT2D eigenvalue weighted by molar-refractivity contribution is 6.42. The second-order valence-electron chi connectivity index (χ2n) is 4.07. The Morgan fingerprint density at radius 2 is 1.90 bits per heavy atom. The van der Waals surface area contributed by atoms with Crippen molar-refractivity contribution in [1.82, 2.24) is 9.99 Å². The summed E-state index contributed by atoms with van der Waals surface area (Å²) in [6, 6.07) is 7.66. The molecule has 104 valence electrons. The maximum absolute atomic E-state index is 11.9. The maximum atomic E-state index is 11.9. The molecule has 7 heteroatoms. The van der Waals surface area contributed by atoms with Crippen LogP contribution in [0.5, 0.6) is 0 Å². The summed E-state index contributed by atoms with van der Waals surface area (Å²) in [6.45, 7) is 0. The Balaban J connectivity index is 2.06. The molecule has 0 spiro atoms. The lowest BCUT2D eigenvalue weighted by atomic mass is 10.3. The van der Waals surface area contributed by atoms with E-state index >= 15 is 0 Å². The number of carbonyl (C=O) groups excluding carboxylic acids is 1. The van der Waals surface area contributed by atoms with Gasteiger partial charge in [-0.3, -0.25) is 20.4 Å². The van der Waals surface area contributed by atoms with E-state index in [1.807, 2.05) is 0 Å². The highest BCUT2D eigenvalue weighted by Crippen LogP contribution is 2.24. The maximum Gasteiger partial charge on any atom is 0.271 e. The van der Waals surface area contributed by atoms with Gasteiger partial charge in [0, 0.05) is 19.3 Å². The Morgan fingerprint density at radius 3 is 2.55 bits per heavy atom. The van der Waals surface area contributed by atoms with E-state index in [0.29, 0.717) is 21.3 Å². The van der Waals surface area contributed by atoms with Gasteiger partial charge in [0.25, 0.3) is 5.91 Å². The van der Waals surface area contributed by atoms with Crippen molar-refractivity contribution in [3.63, 3.8) is 0 Å². The second kappa shape index (κ2) is 5.98. The summed E-state index contributed by atoms with van der Waals surface area (Å²) in [5.41, 5.74) is 5.99. The zero-order chi connectivity index (χ0) is 14.7. The number of rotatable bonds is 3. The first-order valence-corrected chi connectivity index (χ1v) is 6.41. The van der Waals surface area contributed by atoms with E-state index in [1.54, 1.807) is 25.2 Å². The van der Waals surface area contributed by atoms with E-state index in [1.165, 1.54) is 22.9 Å². The molecule has 0 saturated carbocycles. The van der Waals surface area contributed by atoms with Crippen LogP contribution in [0.4, 0.5) is 5.69 Å². The van der Waals surface area contributed by atoms with Crippen molar-refractivity contribution < 1.29 is 4.79 Å². The number of amides is 1. The molecule has 0 aliphatic rings. The van der Waals surface area contributed by atoms with Crippen molar-refractivity contribution in [2.45, 2.75) is 0 Å². The number of hydrogen-bond donors (Lipinski definition) is 2. The zero-order valence-corrected chi connectivity index (χ0v) is 12.0. The van der Waals surface area contributed by atoms with Gasteiger partial charge in [0.15, 0.2) is 0 Å². The lowest BCUT2D eigenvalue weighted by molar-refractivity contribution is 0.0962. The molecule has 2 rings (SSSR count). The minimum Gasteiger partial charge on any atom is -0.318 e. The zero-order valence-electron chi connectivity index (χ0n) is 10.5. The molecule has 20 heavy (non-hydrogen) atoms. The van der Waals surface area contributed by atoms with Gasteiger partial charge < -0.3 is 4.57 Å². The first kappa shape index (κ1) is 14.4. The van der Waals surface area contributed by atoms with Crippen LogP contribution in [0, 0.1) is 0 Å². The first-order chi connectivity index (χ1) is 9.47. The Morgan fingerprint density at radius 1 is 1.15 bits per heavy atom. The normalized spacial score (nSPS) is 10.2. The van der Waals surface area contributed by atoms with Crippen LogP contribution in [-0.2, 0) is 7.05 Å². The van der Waals surface area contributed by atoms with Gasteiger partial charge in [-0.25, -0.2) is 0 Å². The predicted octanol–water partition coefficient (Wildman–Crippen LogP) is 2.45. The smallest absolute Gasteiger partial charge is 0.271 e. The summed E-state index contributed by atoms with van der Waals surface area (Å²) in [5.74, 6) is -0.369. The molecule has 0 bridgehead atoms. The lowest BCUT2D eigenvalue weighted by Gasteiger charge is -2.09. The van der Waals surface area contributed by atoms with Crippen molar-refractivity contribution in [1.29, 1.82) is 0 Å². The van der Waals surface area contributed by atoms with Gasteiger partial charge in [0.2, 0.25) is 5.56 Å². The molecule has 0 aliphatic heterocycles. The molecule has 1 amide bonds. The summed E-state index contributed by atoms with van der Waals surface area (Å²) in [5, 5.41) is 0.814. The van der Waals surface area contributed by atoms with E-state index < -0.39 is 0 Å². The minimum absolute atomic E-state index is 0.181. The molecule has 0 saturated heterocycles. The average Bonchev–Trinajstić information content (AvgIpc) is 2.43. The van der Waals surface area contributed by atoms with Gasteiger partial charge in [0.05, 0.1) is 21.3 Å². The third-order valence-corrected chi connectivity index (χ3v) is 3.33. The average molecular weight is 312 g/mol. The Bertz CT molecular complexity index is 713. The van der Waals surface area contributed by atoms with Crippen LogP contribution in [0.3, 0.4) is 0 Å². The van der Waals surface area contributed by atoms with Gasteiger partial charge in [0.1, 0.15) is 0 Å². The second-order valence-corrected chi connectivity index (χ2v) is 4.89. The van der Waals surface area contributed by atoms with E-state index in [0.717, 1.165) is 0 Å². The Hall–Kier alpha value is -1.98. The number of aromatic nitrogens is 1. The van der Waals surface area contributed by atoms with E-state index in [-0.39, 0.29) is 11.5 Å². The molecule has 0 aliphatic carbocycles. The quantitative estimate of drug-likeness (QED) is 0.856. The fourth-order valence-electron chi connectivity index (χ4n) is 1.50. The van der Waals surface area contributed by atoms with E-state index in [4.69, 9.17) is 23.2 Å². The van der Waals surface area contributed by atoms with E-state index in [9.17, 15) is 9.59 Å². The number of nitrogens with one attached hydrogen (secondary N) is 2. The molecule has 0 atom stereocenters. The van der Waals surface area contributed by atoms with Crippen molar-refractivity contribution in [2.24, 2.45) is 7.05 Å². The van der Waals surface area contributed by atoms with Crippen molar-refractivity contribution >= 4 is 34.8 Å². The van der Waals surface area contributed by atoms with Crippen LogP contribution in [0.25, 0.3) is 0 Å². The Labute approximate surface area is 125 Å². The number of carbonyl (C=O) groups is 1. The van der Waals surface area contributed by atoms with E-state index in [2.05, 4.69) is 10.9 Å². The van der Waals surface area contributed by atoms with Gasteiger partial charge in [-0.05, 0) is 24.3 Å². The topological polar surface area (TPSA) is 63.1 Å². The Kier molecular flexibility index (Phi) is 4.32. The molecule has 5 nitrogen and oxygen atoms in total. The molecule has 2 N–H and O–H groups in total. The molecule has 1 aromatic carbocycles. The summed E-state index contributed by atoms with van der Waals surface area (Å²) in [6.07, 6.45) is 1.45. The van der Waals surface area contributed by atoms with Crippen LogP contribution >= 0.6 is 23.2 Å². The third kappa shape index (κ3) is 3.31. The highest BCUT2D eigenvalue weighted by atomic mass is 35.5. The molecule has 2 aromatic rings. The molecule has 1 aromatic heterocycles. The molecule has 1 heterocycles. The molecular weight excluding hydrogens is 301 g/mol. The molecular formula is C13H11Cl2N3O2. The SMILES string of the molecule is Cn1cc(C(=O)NNc2ccc(Cl)c(Cl)c2)ccc1=O. The number of anilines is 1. The number of benzene rings is 1. The summed E-state index contributed by atoms with van der Waals surface area (Å²) >= 11 is 11.7. The van der Waals surface area contributed by atoms with Gasteiger partial charge in [-0.1, -0.05) is 23.2 Å². The molecule has 0 unspecified atom stereocenters. The summed E-state index contributed by atoms with van der Waals surface area (Å²) in [4.78, 5) is 23.1. The van der Waals surface area contributed by atoms with Crippen molar-refractivity contribution in [3.8, 4) is 0 Å². The van der Waals surface area contributed by atoms with Crippen LogP contribution in [-0.4, -0.2) is 10.5 Å². The number of pyridine rings is 1. The van der Waals surface area contributed by atoms with Gasteiger partial charge in [-0.15, -0.1) is 0 Å². The van der Waals surface area contributed by atoms with Gasteiger partial charge >= 0.3 is 0 Å². The predicted molar refractivity (Wildman–Crippen MR) is 79.2 cm³/mol. The van der Waals surface area contributed by atoms with Crippen LogP contribution in [0.15, 0.2) is 41.3 Å². The largest absolute Gasteiger partial charge is 0.318 e. The standard InChI is InChI=1S/C13H11Cl2N3O2/c1-18-7-8(2-5-12(18)19)13(20)17-16-9-3-4-10(14)11(15)6-9/h2-7,16H,1H3,(H,17,20). The number of hydrazine groups is 1. The minimum atomic E-state index is -0.369. The number of nitrogens with zero attached hydrogens (tertiary/aromatic N) is 1. The summed E-state index contributed by atoms with van der Waals surface area (Å²) < 4.78 is 1.33. The number of hydrogen-bond acceptors (Lipinski definition) is 3. The van der Waals surface area contributed by atoms with Crippen LogP contribution < -0.4 is 16.4 Å². The lowest BCUT2D eigenvalue weighted by Crippen LogP contribution is -2.30. The molecule has 0 fully saturated rings. The number of aryl methyl sites for hydroxylation is 1. The monoisotopic (exact) mass is 311 g/mol. The van der Waals surface area contributed by atoms with Crippen molar-refractivity contribution in [2.75, 3.05) is 5.43 Å². The fourth-order valence-corrected chi connectivity index (χ4v) is 1.80.